The molecule has 1 aliphatic rings. The lowest BCUT2D eigenvalue weighted by molar-refractivity contribution is 0.0524. The van der Waals surface area contributed by atoms with Crippen molar-refractivity contribution in [3.8, 4) is 0 Å². The van der Waals surface area contributed by atoms with Crippen molar-refractivity contribution in [2.45, 2.75) is 13.5 Å². The van der Waals surface area contributed by atoms with E-state index < -0.39 is 17.2 Å². The van der Waals surface area contributed by atoms with E-state index in [0.717, 1.165) is 23.1 Å². The highest BCUT2D eigenvalue weighted by Gasteiger charge is 2.22. The molecule has 0 amide bonds. The third-order valence-electron chi connectivity index (χ3n) is 5.75. The number of aromatic nitrogens is 1. The van der Waals surface area contributed by atoms with Gasteiger partial charge in [-0.25, -0.2) is 9.18 Å². The van der Waals surface area contributed by atoms with E-state index in [0.29, 0.717) is 30.8 Å². The van der Waals surface area contributed by atoms with Crippen LogP contribution in [0.2, 0.25) is 0 Å². The molecule has 0 bridgehead atoms. The maximum absolute atomic E-state index is 15.1. The van der Waals surface area contributed by atoms with E-state index in [1.54, 1.807) is 13.0 Å². The molecule has 0 aliphatic carbocycles. The van der Waals surface area contributed by atoms with Crippen LogP contribution in [0.15, 0.2) is 51.9 Å². The summed E-state index contributed by atoms with van der Waals surface area (Å²) in [5, 5.41) is 0.169. The minimum absolute atomic E-state index is 0.0943. The number of hydrogen-bond acceptors (Lipinski definition) is 5. The molecule has 1 saturated heterocycles. The molecule has 2 aromatic carbocycles. The molecule has 0 spiro atoms. The highest BCUT2D eigenvalue weighted by atomic mass is 79.9. The van der Waals surface area contributed by atoms with Crippen molar-refractivity contribution >= 4 is 38.5 Å². The Morgan fingerprint density at radius 2 is 1.81 bits per heavy atom. The minimum Gasteiger partial charge on any atom is -0.462 e. The van der Waals surface area contributed by atoms with E-state index in [2.05, 4.69) is 20.8 Å². The second-order valence-corrected chi connectivity index (χ2v) is 8.87. The molecular formula is C24H25BrFN3O3. The molecule has 1 aliphatic heterocycles. The van der Waals surface area contributed by atoms with Gasteiger partial charge in [-0.2, -0.15) is 0 Å². The molecule has 8 heteroatoms. The van der Waals surface area contributed by atoms with Gasteiger partial charge in [-0.05, 0) is 43.8 Å². The molecule has 0 atom stereocenters. The molecule has 168 valence electrons. The minimum atomic E-state index is -0.701. The maximum Gasteiger partial charge on any atom is 0.343 e. The lowest BCUT2D eigenvalue weighted by Crippen LogP contribution is -2.44. The van der Waals surface area contributed by atoms with Crippen molar-refractivity contribution in [1.29, 1.82) is 0 Å². The van der Waals surface area contributed by atoms with Crippen LogP contribution in [0.1, 0.15) is 22.8 Å². The SMILES string of the molecule is CCOC(=O)c1cn(Cc2ccc(Br)cc2)c2cc(N3CCN(C)CC3)c(F)cc2c1=O. The Hall–Kier alpha value is -2.71. The predicted octanol–water partition coefficient (Wildman–Crippen LogP) is 3.88. The summed E-state index contributed by atoms with van der Waals surface area (Å²) in [6, 6.07) is 10.8. The van der Waals surface area contributed by atoms with Crippen LogP contribution in [0, 0.1) is 5.82 Å². The number of piperazine rings is 1. The summed E-state index contributed by atoms with van der Waals surface area (Å²) in [7, 11) is 2.04. The number of benzene rings is 2. The molecule has 1 fully saturated rings. The first kappa shape index (κ1) is 22.5. The lowest BCUT2D eigenvalue weighted by Gasteiger charge is -2.34. The topological polar surface area (TPSA) is 54.8 Å². The van der Waals surface area contributed by atoms with E-state index in [1.165, 1.54) is 12.3 Å². The van der Waals surface area contributed by atoms with E-state index in [1.807, 2.05) is 40.8 Å². The van der Waals surface area contributed by atoms with Gasteiger partial charge in [0.1, 0.15) is 11.4 Å². The summed E-state index contributed by atoms with van der Waals surface area (Å²) in [5.74, 6) is -1.16. The number of carbonyl (C=O) groups excluding carboxylic acids is 1. The largest absolute Gasteiger partial charge is 0.462 e. The number of anilines is 1. The molecule has 0 saturated carbocycles. The third-order valence-corrected chi connectivity index (χ3v) is 6.28. The monoisotopic (exact) mass is 501 g/mol. The highest BCUT2D eigenvalue weighted by Crippen LogP contribution is 2.27. The standard InChI is InChI=1S/C24H25BrFN3O3/c1-3-32-24(31)19-15-29(14-16-4-6-17(25)7-5-16)21-13-22(20(26)12-18(21)23(19)30)28-10-8-27(2)9-11-28/h4-7,12-13,15H,3,8-11,14H2,1-2H3. The second kappa shape index (κ2) is 9.42. The molecule has 6 nitrogen and oxygen atoms in total. The van der Waals surface area contributed by atoms with Crippen LogP contribution in [0.5, 0.6) is 0 Å². The van der Waals surface area contributed by atoms with Crippen LogP contribution in [0.4, 0.5) is 10.1 Å². The van der Waals surface area contributed by atoms with Gasteiger partial charge in [0, 0.05) is 48.8 Å². The van der Waals surface area contributed by atoms with Crippen molar-refractivity contribution in [3.63, 3.8) is 0 Å². The number of fused-ring (bicyclic) bond motifs is 1. The number of esters is 1. The molecule has 0 unspecified atom stereocenters. The van der Waals surface area contributed by atoms with Gasteiger partial charge in [0.25, 0.3) is 0 Å². The number of ether oxygens (including phenoxy) is 1. The Balaban J connectivity index is 1.87. The van der Waals surface area contributed by atoms with Crippen molar-refractivity contribution in [2.24, 2.45) is 0 Å². The smallest absolute Gasteiger partial charge is 0.343 e. The first-order valence-corrected chi connectivity index (χ1v) is 11.4. The fourth-order valence-electron chi connectivity index (χ4n) is 3.96. The van der Waals surface area contributed by atoms with Gasteiger partial charge in [-0.15, -0.1) is 0 Å². The number of halogens is 2. The van der Waals surface area contributed by atoms with Crippen LogP contribution >= 0.6 is 15.9 Å². The Labute approximate surface area is 194 Å². The zero-order valence-corrected chi connectivity index (χ0v) is 19.7. The van der Waals surface area contributed by atoms with Crippen molar-refractivity contribution in [3.05, 3.63) is 74.2 Å². The molecular weight excluding hydrogens is 477 g/mol. The lowest BCUT2D eigenvalue weighted by atomic mass is 10.1. The Morgan fingerprint density at radius 3 is 2.47 bits per heavy atom. The van der Waals surface area contributed by atoms with Gasteiger partial charge in [-0.3, -0.25) is 4.79 Å². The first-order valence-electron chi connectivity index (χ1n) is 10.6. The number of hydrogen-bond donors (Lipinski definition) is 0. The van der Waals surface area contributed by atoms with Gasteiger partial charge in [0.2, 0.25) is 5.43 Å². The second-order valence-electron chi connectivity index (χ2n) is 7.96. The fraction of sp³-hybridized carbons (Fsp3) is 0.333. The number of nitrogens with zero attached hydrogens (tertiary/aromatic N) is 3. The average molecular weight is 502 g/mol. The van der Waals surface area contributed by atoms with Gasteiger partial charge in [0.05, 0.1) is 17.8 Å². The third kappa shape index (κ3) is 4.56. The van der Waals surface area contributed by atoms with Gasteiger partial charge >= 0.3 is 5.97 Å². The van der Waals surface area contributed by atoms with Crippen molar-refractivity contribution < 1.29 is 13.9 Å². The van der Waals surface area contributed by atoms with E-state index in [9.17, 15) is 9.59 Å². The molecule has 4 rings (SSSR count). The summed E-state index contributed by atoms with van der Waals surface area (Å²) < 4.78 is 23.0. The summed E-state index contributed by atoms with van der Waals surface area (Å²) in [5.41, 5.74) is 1.43. The molecule has 0 radical (unpaired) electrons. The van der Waals surface area contributed by atoms with Crippen LogP contribution in [0.3, 0.4) is 0 Å². The molecule has 3 aromatic rings. The van der Waals surface area contributed by atoms with E-state index in [4.69, 9.17) is 4.74 Å². The van der Waals surface area contributed by atoms with Gasteiger partial charge < -0.3 is 19.1 Å². The van der Waals surface area contributed by atoms with Crippen LogP contribution in [0.25, 0.3) is 10.9 Å². The van der Waals surface area contributed by atoms with E-state index in [-0.39, 0.29) is 17.6 Å². The maximum atomic E-state index is 15.1. The quantitative estimate of drug-likeness (QED) is 0.496. The molecule has 1 aromatic heterocycles. The van der Waals surface area contributed by atoms with Crippen LogP contribution in [-0.4, -0.2) is 55.3 Å². The fourth-order valence-corrected chi connectivity index (χ4v) is 4.22. The highest BCUT2D eigenvalue weighted by molar-refractivity contribution is 9.10. The van der Waals surface area contributed by atoms with E-state index >= 15 is 4.39 Å². The Morgan fingerprint density at radius 1 is 1.12 bits per heavy atom. The average Bonchev–Trinajstić information content (AvgIpc) is 2.78. The normalized spacial score (nSPS) is 14.7. The number of carbonyl (C=O) groups is 1. The summed E-state index contributed by atoms with van der Waals surface area (Å²) in [6.45, 7) is 5.34. The number of likely N-dealkylation sites (N-methyl/N-ethyl adjacent to an activating group) is 1. The van der Waals surface area contributed by atoms with Crippen molar-refractivity contribution in [2.75, 3.05) is 44.7 Å². The predicted molar refractivity (Wildman–Crippen MR) is 127 cm³/mol. The van der Waals surface area contributed by atoms with Gasteiger partial charge in [0.15, 0.2) is 0 Å². The molecule has 2 heterocycles. The Kier molecular flexibility index (Phi) is 6.62. The van der Waals surface area contributed by atoms with Crippen molar-refractivity contribution in [1.82, 2.24) is 9.47 Å². The molecule has 32 heavy (non-hydrogen) atoms. The van der Waals surface area contributed by atoms with Gasteiger partial charge in [-0.1, -0.05) is 28.1 Å². The summed E-state index contributed by atoms with van der Waals surface area (Å²) >= 11 is 3.43. The van der Waals surface area contributed by atoms with Crippen LogP contribution in [-0.2, 0) is 11.3 Å². The summed E-state index contributed by atoms with van der Waals surface area (Å²) in [4.78, 5) is 29.7. The zero-order valence-electron chi connectivity index (χ0n) is 18.1. The number of pyridine rings is 1. The van der Waals surface area contributed by atoms with Crippen LogP contribution < -0.4 is 10.3 Å². The zero-order chi connectivity index (χ0) is 22.8. The molecule has 0 N–H and O–H groups in total. The number of rotatable bonds is 5. The Bertz CT molecular complexity index is 1200. The summed E-state index contributed by atoms with van der Waals surface area (Å²) in [6.07, 6.45) is 1.52. The first-order chi connectivity index (χ1) is 15.4.